The molecule has 1 saturated carbocycles. The molecule has 1 unspecified atom stereocenters. The van der Waals surface area contributed by atoms with Crippen molar-refractivity contribution in [3.8, 4) is 0 Å². The third kappa shape index (κ3) is 4.81. The highest BCUT2D eigenvalue weighted by atomic mass is 35.5. The first-order valence-corrected chi connectivity index (χ1v) is 4.77. The molecule has 0 aliphatic heterocycles. The van der Waals surface area contributed by atoms with Crippen LogP contribution >= 0.6 is 12.4 Å². The maximum atomic E-state index is 9.24. The van der Waals surface area contributed by atoms with Gasteiger partial charge in [-0.3, -0.25) is 0 Å². The highest BCUT2D eigenvalue weighted by Crippen LogP contribution is 2.27. The molecule has 1 aliphatic rings. The zero-order valence-electron chi connectivity index (χ0n) is 7.85. The van der Waals surface area contributed by atoms with Crippen LogP contribution in [0.5, 0.6) is 0 Å². The van der Waals surface area contributed by atoms with E-state index in [1.165, 1.54) is 0 Å². The van der Waals surface area contributed by atoms with Crippen molar-refractivity contribution < 1.29 is 10.2 Å². The van der Waals surface area contributed by atoms with Gasteiger partial charge in [0.1, 0.15) is 0 Å². The van der Waals surface area contributed by atoms with Gasteiger partial charge in [0.15, 0.2) is 0 Å². The van der Waals surface area contributed by atoms with Gasteiger partial charge in [-0.1, -0.05) is 0 Å². The van der Waals surface area contributed by atoms with Crippen molar-refractivity contribution in [1.29, 1.82) is 0 Å². The second kappa shape index (κ2) is 6.60. The third-order valence-corrected chi connectivity index (χ3v) is 2.69. The summed E-state index contributed by atoms with van der Waals surface area (Å²) in [7, 11) is 0. The van der Waals surface area contributed by atoms with E-state index in [-0.39, 0.29) is 31.2 Å². The molecule has 1 atom stereocenters. The van der Waals surface area contributed by atoms with Crippen molar-refractivity contribution >= 4 is 12.4 Å². The second-order valence-electron chi connectivity index (χ2n) is 3.85. The van der Waals surface area contributed by atoms with Gasteiger partial charge in [-0.05, 0) is 38.0 Å². The third-order valence-electron chi connectivity index (χ3n) is 2.69. The Morgan fingerprint density at radius 1 is 1.23 bits per heavy atom. The number of hydrogen-bond donors (Lipinski definition) is 3. The van der Waals surface area contributed by atoms with Crippen molar-refractivity contribution in [3.63, 3.8) is 0 Å². The first-order valence-electron chi connectivity index (χ1n) is 4.77. The Morgan fingerprint density at radius 2 is 1.77 bits per heavy atom. The average molecular weight is 210 g/mol. The van der Waals surface area contributed by atoms with E-state index in [2.05, 4.69) is 0 Å². The molecule has 0 heterocycles. The summed E-state index contributed by atoms with van der Waals surface area (Å²) in [5.41, 5.74) is 5.63. The fourth-order valence-corrected chi connectivity index (χ4v) is 1.88. The van der Waals surface area contributed by atoms with Gasteiger partial charge < -0.3 is 15.9 Å². The van der Waals surface area contributed by atoms with Gasteiger partial charge in [0, 0.05) is 6.04 Å². The van der Waals surface area contributed by atoms with E-state index < -0.39 is 0 Å². The van der Waals surface area contributed by atoms with Crippen LogP contribution in [0.1, 0.15) is 32.1 Å². The molecule has 0 bridgehead atoms. The largest absolute Gasteiger partial charge is 0.395 e. The van der Waals surface area contributed by atoms with Crippen molar-refractivity contribution in [1.82, 2.24) is 0 Å². The van der Waals surface area contributed by atoms with Crippen LogP contribution in [0.3, 0.4) is 0 Å². The van der Waals surface area contributed by atoms with Gasteiger partial charge in [0.05, 0.1) is 12.7 Å². The molecule has 80 valence electrons. The molecule has 1 aliphatic carbocycles. The van der Waals surface area contributed by atoms with Crippen LogP contribution in [0.4, 0.5) is 0 Å². The molecule has 0 aromatic heterocycles. The van der Waals surface area contributed by atoms with Gasteiger partial charge in [0.25, 0.3) is 0 Å². The molecule has 0 saturated heterocycles. The highest BCUT2D eigenvalue weighted by Gasteiger charge is 2.20. The molecule has 4 N–H and O–H groups in total. The molecule has 1 fully saturated rings. The fourth-order valence-electron chi connectivity index (χ4n) is 1.88. The summed E-state index contributed by atoms with van der Waals surface area (Å²) in [6.45, 7) is 0.0824. The zero-order valence-corrected chi connectivity index (χ0v) is 8.67. The van der Waals surface area contributed by atoms with Crippen LogP contribution in [0, 0.1) is 5.92 Å². The van der Waals surface area contributed by atoms with Gasteiger partial charge in [-0.15, -0.1) is 12.4 Å². The lowest BCUT2D eigenvalue weighted by Gasteiger charge is -2.26. The number of nitrogens with two attached hydrogens (primary N) is 1. The summed E-state index contributed by atoms with van der Waals surface area (Å²) in [6.07, 6.45) is 4.75. The summed E-state index contributed by atoms with van der Waals surface area (Å²) < 4.78 is 0. The standard InChI is InChI=1S/C9H19NO2.ClH/c10-8(6-11)5-7-1-3-9(12)4-2-7;/h7-9,11-12H,1-6,10H2;1H. The van der Waals surface area contributed by atoms with E-state index >= 15 is 0 Å². The predicted molar refractivity (Wildman–Crippen MR) is 54.9 cm³/mol. The van der Waals surface area contributed by atoms with Crippen molar-refractivity contribution in [2.45, 2.75) is 44.2 Å². The maximum Gasteiger partial charge on any atom is 0.0582 e. The van der Waals surface area contributed by atoms with Crippen molar-refractivity contribution in [3.05, 3.63) is 0 Å². The van der Waals surface area contributed by atoms with Gasteiger partial charge in [-0.25, -0.2) is 0 Å². The second-order valence-corrected chi connectivity index (χ2v) is 3.85. The lowest BCUT2D eigenvalue weighted by molar-refractivity contribution is 0.102. The molecule has 0 amide bonds. The fraction of sp³-hybridized carbons (Fsp3) is 1.00. The normalized spacial score (nSPS) is 30.7. The summed E-state index contributed by atoms with van der Waals surface area (Å²) >= 11 is 0. The smallest absolute Gasteiger partial charge is 0.0582 e. The van der Waals surface area contributed by atoms with Crippen LogP contribution in [-0.2, 0) is 0 Å². The first-order chi connectivity index (χ1) is 5.72. The minimum absolute atomic E-state index is 0. The summed E-state index contributed by atoms with van der Waals surface area (Å²) in [6, 6.07) is -0.0646. The van der Waals surface area contributed by atoms with Gasteiger partial charge >= 0.3 is 0 Å². The molecule has 3 nitrogen and oxygen atoms in total. The predicted octanol–water partition coefficient (Wildman–Crippen LogP) is 0.669. The Bertz CT molecular complexity index is 127. The Hall–Kier alpha value is 0.170. The number of halogens is 1. The van der Waals surface area contributed by atoms with E-state index in [1.807, 2.05) is 0 Å². The number of hydrogen-bond acceptors (Lipinski definition) is 3. The van der Waals surface area contributed by atoms with Crippen molar-refractivity contribution in [2.75, 3.05) is 6.61 Å². The van der Waals surface area contributed by atoms with Gasteiger partial charge in [-0.2, -0.15) is 0 Å². The average Bonchev–Trinajstić information content (AvgIpc) is 2.09. The lowest BCUT2D eigenvalue weighted by atomic mass is 9.84. The van der Waals surface area contributed by atoms with E-state index in [4.69, 9.17) is 10.8 Å². The molecule has 0 spiro atoms. The van der Waals surface area contributed by atoms with Crippen LogP contribution in [0.2, 0.25) is 0 Å². The Morgan fingerprint density at radius 3 is 2.23 bits per heavy atom. The van der Waals surface area contributed by atoms with E-state index in [9.17, 15) is 5.11 Å². The highest BCUT2D eigenvalue weighted by molar-refractivity contribution is 5.85. The SMILES string of the molecule is Cl.NC(CO)CC1CCC(O)CC1. The Labute approximate surface area is 85.7 Å². The summed E-state index contributed by atoms with van der Waals surface area (Å²) in [5, 5.41) is 18.0. The summed E-state index contributed by atoms with van der Waals surface area (Å²) in [4.78, 5) is 0. The molecular weight excluding hydrogens is 190 g/mol. The molecule has 0 radical (unpaired) electrons. The Kier molecular flexibility index (Phi) is 6.68. The monoisotopic (exact) mass is 209 g/mol. The van der Waals surface area contributed by atoms with Crippen LogP contribution in [0.25, 0.3) is 0 Å². The van der Waals surface area contributed by atoms with Gasteiger partial charge in [0.2, 0.25) is 0 Å². The zero-order chi connectivity index (χ0) is 8.97. The molecular formula is C9H20ClNO2. The molecule has 1 rings (SSSR count). The van der Waals surface area contributed by atoms with E-state index in [1.54, 1.807) is 0 Å². The topological polar surface area (TPSA) is 66.5 Å². The minimum atomic E-state index is -0.0911. The molecule has 4 heteroatoms. The molecule has 0 aromatic rings. The van der Waals surface area contributed by atoms with E-state index in [0.717, 1.165) is 32.1 Å². The molecule has 13 heavy (non-hydrogen) atoms. The van der Waals surface area contributed by atoms with Crippen LogP contribution in [0.15, 0.2) is 0 Å². The summed E-state index contributed by atoms with van der Waals surface area (Å²) in [5.74, 6) is 0.621. The maximum absolute atomic E-state index is 9.24. The number of aliphatic hydroxyl groups is 2. The quantitative estimate of drug-likeness (QED) is 0.640. The number of rotatable bonds is 3. The first kappa shape index (κ1) is 13.2. The minimum Gasteiger partial charge on any atom is -0.395 e. The van der Waals surface area contributed by atoms with Crippen LogP contribution < -0.4 is 5.73 Å². The van der Waals surface area contributed by atoms with E-state index in [0.29, 0.717) is 5.92 Å². The number of aliphatic hydroxyl groups excluding tert-OH is 2. The Balaban J connectivity index is 0.00000144. The lowest BCUT2D eigenvalue weighted by Crippen LogP contribution is -2.29. The molecule has 0 aromatic carbocycles. The van der Waals surface area contributed by atoms with Crippen molar-refractivity contribution in [2.24, 2.45) is 11.7 Å². The van der Waals surface area contributed by atoms with Crippen LogP contribution in [-0.4, -0.2) is 29.0 Å².